The Hall–Kier alpha value is -3.15. The Labute approximate surface area is 201 Å². The topological polar surface area (TPSA) is 58.4 Å². The van der Waals surface area contributed by atoms with Crippen LogP contribution in [0.3, 0.4) is 0 Å². The van der Waals surface area contributed by atoms with Crippen LogP contribution in [0.1, 0.15) is 66.7 Å². The van der Waals surface area contributed by atoms with Crippen molar-refractivity contribution < 1.29 is 4.79 Å². The number of piperidine rings is 1. The number of fused-ring (bicyclic) bond motifs is 2. The van der Waals surface area contributed by atoms with Gasteiger partial charge in [-0.15, -0.1) is 0 Å². The number of rotatable bonds is 4. The first-order valence-corrected chi connectivity index (χ1v) is 12.7. The summed E-state index contributed by atoms with van der Waals surface area (Å²) < 4.78 is 1.84. The van der Waals surface area contributed by atoms with Crippen LogP contribution in [0.4, 0.5) is 5.69 Å². The number of amides is 1. The summed E-state index contributed by atoms with van der Waals surface area (Å²) in [5, 5.41) is 0.596. The smallest absolute Gasteiger partial charge is 0.261 e. The van der Waals surface area contributed by atoms with Crippen LogP contribution in [0.15, 0.2) is 47.3 Å². The van der Waals surface area contributed by atoms with Gasteiger partial charge in [-0.25, -0.2) is 4.98 Å². The van der Waals surface area contributed by atoms with Crippen molar-refractivity contribution in [1.29, 1.82) is 0 Å². The lowest BCUT2D eigenvalue weighted by Gasteiger charge is -2.31. The predicted octanol–water partition coefficient (Wildman–Crippen LogP) is 4.78. The molecule has 6 nitrogen and oxygen atoms in total. The molecule has 3 aromatic rings. The van der Waals surface area contributed by atoms with Gasteiger partial charge in [-0.3, -0.25) is 14.2 Å². The van der Waals surface area contributed by atoms with Crippen LogP contribution in [-0.2, 0) is 19.5 Å². The SMILES string of the molecule is CN(Cc1ccccc1N1CCCCC1)C(=O)c1ccc2c(=O)n3c(nc2c1)CCCCCC3. The molecular weight excluding hydrogens is 424 g/mol. The minimum Gasteiger partial charge on any atom is -0.371 e. The molecule has 34 heavy (non-hydrogen) atoms. The summed E-state index contributed by atoms with van der Waals surface area (Å²) in [6.45, 7) is 3.43. The number of carbonyl (C=O) groups is 1. The lowest BCUT2D eigenvalue weighted by Crippen LogP contribution is -2.32. The fourth-order valence-electron chi connectivity index (χ4n) is 5.36. The van der Waals surface area contributed by atoms with Gasteiger partial charge >= 0.3 is 0 Å². The van der Waals surface area contributed by atoms with Crippen LogP contribution in [0.5, 0.6) is 0 Å². The summed E-state index contributed by atoms with van der Waals surface area (Å²) in [6.07, 6.45) is 8.95. The van der Waals surface area contributed by atoms with Gasteiger partial charge in [-0.2, -0.15) is 0 Å². The molecule has 0 bridgehead atoms. The van der Waals surface area contributed by atoms with Crippen molar-refractivity contribution in [3.8, 4) is 0 Å². The predicted molar refractivity (Wildman–Crippen MR) is 136 cm³/mol. The van der Waals surface area contributed by atoms with Gasteiger partial charge in [0.2, 0.25) is 0 Å². The van der Waals surface area contributed by atoms with Crippen LogP contribution in [0, 0.1) is 0 Å². The average Bonchev–Trinajstić information content (AvgIpc) is 2.85. The van der Waals surface area contributed by atoms with Crippen molar-refractivity contribution in [2.24, 2.45) is 0 Å². The third-order valence-corrected chi connectivity index (χ3v) is 7.26. The van der Waals surface area contributed by atoms with Crippen molar-refractivity contribution in [3.05, 3.63) is 69.8 Å². The van der Waals surface area contributed by atoms with E-state index in [-0.39, 0.29) is 11.5 Å². The zero-order valence-electron chi connectivity index (χ0n) is 20.1. The molecule has 1 saturated heterocycles. The molecule has 0 radical (unpaired) electrons. The van der Waals surface area contributed by atoms with E-state index in [1.54, 1.807) is 23.1 Å². The van der Waals surface area contributed by atoms with Gasteiger partial charge in [-0.05, 0) is 61.9 Å². The van der Waals surface area contributed by atoms with Crippen LogP contribution in [0.2, 0.25) is 0 Å². The van der Waals surface area contributed by atoms with Gasteiger partial charge < -0.3 is 9.80 Å². The number of nitrogens with zero attached hydrogens (tertiary/aromatic N) is 4. The average molecular weight is 459 g/mol. The summed E-state index contributed by atoms with van der Waals surface area (Å²) in [6, 6.07) is 13.8. The Kier molecular flexibility index (Phi) is 6.66. The monoisotopic (exact) mass is 458 g/mol. The largest absolute Gasteiger partial charge is 0.371 e. The number of anilines is 1. The zero-order valence-corrected chi connectivity index (χ0v) is 20.1. The third-order valence-electron chi connectivity index (χ3n) is 7.26. The molecule has 3 heterocycles. The first kappa shape index (κ1) is 22.6. The fourth-order valence-corrected chi connectivity index (χ4v) is 5.36. The van der Waals surface area contributed by atoms with Gasteiger partial charge in [-0.1, -0.05) is 31.0 Å². The second-order valence-electron chi connectivity index (χ2n) is 9.72. The molecule has 2 aliphatic rings. The molecule has 0 saturated carbocycles. The highest BCUT2D eigenvalue weighted by atomic mass is 16.2. The first-order valence-electron chi connectivity index (χ1n) is 12.7. The molecule has 178 valence electrons. The van der Waals surface area contributed by atoms with E-state index in [1.807, 2.05) is 17.7 Å². The van der Waals surface area contributed by atoms with Crippen molar-refractivity contribution in [2.45, 2.75) is 64.5 Å². The number of hydrogen-bond acceptors (Lipinski definition) is 4. The zero-order chi connectivity index (χ0) is 23.5. The van der Waals surface area contributed by atoms with Crippen LogP contribution in [0.25, 0.3) is 10.9 Å². The third kappa shape index (κ3) is 4.59. The van der Waals surface area contributed by atoms with Crippen LogP contribution >= 0.6 is 0 Å². The summed E-state index contributed by atoms with van der Waals surface area (Å²) >= 11 is 0. The molecule has 6 heteroatoms. The summed E-state index contributed by atoms with van der Waals surface area (Å²) in [4.78, 5) is 35.5. The maximum atomic E-state index is 13.4. The van der Waals surface area contributed by atoms with Crippen LogP contribution < -0.4 is 10.5 Å². The van der Waals surface area contributed by atoms with Crippen molar-refractivity contribution in [2.75, 3.05) is 25.0 Å². The number of benzene rings is 2. The lowest BCUT2D eigenvalue weighted by molar-refractivity contribution is 0.0785. The molecule has 0 unspecified atom stereocenters. The van der Waals surface area contributed by atoms with E-state index in [9.17, 15) is 9.59 Å². The molecule has 0 atom stereocenters. The molecule has 1 amide bonds. The number of hydrogen-bond donors (Lipinski definition) is 0. The molecule has 2 aliphatic heterocycles. The molecule has 1 aromatic heterocycles. The highest BCUT2D eigenvalue weighted by Gasteiger charge is 2.19. The fraction of sp³-hybridized carbons (Fsp3) is 0.464. The van der Waals surface area contributed by atoms with Gasteiger partial charge in [0.1, 0.15) is 5.82 Å². The summed E-state index contributed by atoms with van der Waals surface area (Å²) in [5.74, 6) is 0.801. The quantitative estimate of drug-likeness (QED) is 0.565. The maximum Gasteiger partial charge on any atom is 0.261 e. The van der Waals surface area contributed by atoms with Gasteiger partial charge in [0.05, 0.1) is 10.9 Å². The molecule has 2 aromatic carbocycles. The first-order chi connectivity index (χ1) is 16.6. The minimum atomic E-state index is -0.0519. The van der Waals surface area contributed by atoms with E-state index in [0.717, 1.165) is 51.1 Å². The number of aromatic nitrogens is 2. The Bertz CT molecular complexity index is 1240. The van der Waals surface area contributed by atoms with E-state index in [1.165, 1.54) is 36.9 Å². The standard InChI is InChI=1S/C28H34N4O2/c1-30(20-22-11-6-7-12-25(22)31-16-8-4-9-17-31)27(33)21-14-15-23-24(19-21)29-26-13-5-2-3-10-18-32(26)28(23)34/h6-7,11-12,14-15,19H,2-5,8-10,13,16-18,20H2,1H3. The molecule has 5 rings (SSSR count). The van der Waals surface area contributed by atoms with Crippen molar-refractivity contribution >= 4 is 22.5 Å². The lowest BCUT2D eigenvalue weighted by atomic mass is 10.1. The molecule has 1 fully saturated rings. The minimum absolute atomic E-state index is 0.0183. The summed E-state index contributed by atoms with van der Waals surface area (Å²) in [7, 11) is 1.85. The Balaban J connectivity index is 1.40. The summed E-state index contributed by atoms with van der Waals surface area (Å²) in [5.41, 5.74) is 3.62. The van der Waals surface area contributed by atoms with E-state index in [4.69, 9.17) is 4.98 Å². The maximum absolute atomic E-state index is 13.4. The molecule has 0 aliphatic carbocycles. The number of aryl methyl sites for hydroxylation is 1. The molecular formula is C28H34N4O2. The highest BCUT2D eigenvalue weighted by molar-refractivity contribution is 5.97. The Morgan fingerprint density at radius 2 is 1.68 bits per heavy atom. The van der Waals surface area contributed by atoms with E-state index in [0.29, 0.717) is 23.0 Å². The second-order valence-corrected chi connectivity index (χ2v) is 9.72. The van der Waals surface area contributed by atoms with Crippen LogP contribution in [-0.4, -0.2) is 40.5 Å². The van der Waals surface area contributed by atoms with Gasteiger partial charge in [0.15, 0.2) is 0 Å². The molecule has 0 spiro atoms. The van der Waals surface area contributed by atoms with E-state index >= 15 is 0 Å². The van der Waals surface area contributed by atoms with Gasteiger partial charge in [0, 0.05) is 50.9 Å². The van der Waals surface area contributed by atoms with E-state index in [2.05, 4.69) is 23.1 Å². The van der Waals surface area contributed by atoms with Crippen molar-refractivity contribution in [3.63, 3.8) is 0 Å². The van der Waals surface area contributed by atoms with Gasteiger partial charge in [0.25, 0.3) is 11.5 Å². The second kappa shape index (κ2) is 10.00. The van der Waals surface area contributed by atoms with Crippen molar-refractivity contribution in [1.82, 2.24) is 14.5 Å². The molecule has 0 N–H and O–H groups in total. The van der Waals surface area contributed by atoms with E-state index < -0.39 is 0 Å². The Morgan fingerprint density at radius 3 is 2.53 bits per heavy atom. The number of carbonyl (C=O) groups excluding carboxylic acids is 1. The Morgan fingerprint density at radius 1 is 0.941 bits per heavy atom. The normalized spacial score (nSPS) is 16.6. The number of para-hydroxylation sites is 1. The highest BCUT2D eigenvalue weighted by Crippen LogP contribution is 2.26.